The summed E-state index contributed by atoms with van der Waals surface area (Å²) in [4.78, 5) is 12.4. The average Bonchev–Trinajstić information content (AvgIpc) is 2.69. The van der Waals surface area contributed by atoms with Gasteiger partial charge in [-0.3, -0.25) is 0 Å². The quantitative estimate of drug-likeness (QED) is 0.420. The predicted molar refractivity (Wildman–Crippen MR) is 117 cm³/mol. The number of rotatable bonds is 3. The zero-order valence-corrected chi connectivity index (χ0v) is 19.1. The molecule has 3 rings (SSSR count). The lowest BCUT2D eigenvalue weighted by atomic mass is 9.94. The Kier molecular flexibility index (Phi) is 6.58. The first-order chi connectivity index (χ1) is 13.5. The molecule has 0 saturated heterocycles. The van der Waals surface area contributed by atoms with E-state index in [0.29, 0.717) is 11.0 Å². The van der Waals surface area contributed by atoms with E-state index >= 15 is 0 Å². The van der Waals surface area contributed by atoms with E-state index in [9.17, 15) is 13.2 Å². The van der Waals surface area contributed by atoms with Crippen molar-refractivity contribution < 1.29 is 17.0 Å². The molecule has 0 fully saturated rings. The highest BCUT2D eigenvalue weighted by Gasteiger charge is 2.25. The third kappa shape index (κ3) is 4.08. The summed E-state index contributed by atoms with van der Waals surface area (Å²) in [6.45, 7) is 15.0. The molecule has 0 aliphatic carbocycles. The molecule has 0 unspecified atom stereocenters. The largest absolute Gasteiger partial charge is 0.422 e. The molecule has 6 heteroatoms. The summed E-state index contributed by atoms with van der Waals surface area (Å²) in [7, 11) is -4.09. The molecule has 156 valence electrons. The minimum absolute atomic E-state index is 0.0329. The van der Waals surface area contributed by atoms with Crippen LogP contribution in [0.2, 0.25) is 0 Å². The number of aryl methyl sites for hydroxylation is 3. The Morgan fingerprint density at radius 3 is 1.83 bits per heavy atom. The third-order valence-corrected chi connectivity index (χ3v) is 6.44. The summed E-state index contributed by atoms with van der Waals surface area (Å²) >= 11 is 0. The first-order valence-electron chi connectivity index (χ1n) is 9.59. The lowest BCUT2D eigenvalue weighted by molar-refractivity contribution is 0.477. The molecule has 3 aromatic rings. The van der Waals surface area contributed by atoms with Crippen molar-refractivity contribution in [3.63, 3.8) is 0 Å². The van der Waals surface area contributed by atoms with Gasteiger partial charge >= 0.3 is 15.7 Å². The van der Waals surface area contributed by atoms with Crippen molar-refractivity contribution in [3.05, 3.63) is 68.1 Å². The van der Waals surface area contributed by atoms with Crippen LogP contribution in [0.25, 0.3) is 11.0 Å². The van der Waals surface area contributed by atoms with Gasteiger partial charge in [-0.2, -0.15) is 8.42 Å². The molecule has 0 bridgehead atoms. The van der Waals surface area contributed by atoms with Crippen molar-refractivity contribution in [2.75, 3.05) is 0 Å². The molecule has 2 aromatic carbocycles. The Hall–Kier alpha value is -2.60. The molecule has 0 N–H and O–H groups in total. The minimum atomic E-state index is -4.09. The van der Waals surface area contributed by atoms with Gasteiger partial charge < -0.3 is 8.60 Å². The van der Waals surface area contributed by atoms with Gasteiger partial charge in [-0.25, -0.2) is 4.79 Å². The Morgan fingerprint density at radius 1 is 0.759 bits per heavy atom. The second kappa shape index (κ2) is 8.41. The van der Waals surface area contributed by atoms with Crippen molar-refractivity contribution in [1.82, 2.24) is 0 Å². The molecule has 0 spiro atoms. The van der Waals surface area contributed by atoms with Crippen LogP contribution in [-0.4, -0.2) is 8.42 Å². The summed E-state index contributed by atoms with van der Waals surface area (Å²) in [6, 6.07) is 6.37. The maximum Gasteiger partial charge on any atom is 0.343 e. The second-order valence-corrected chi connectivity index (χ2v) is 8.44. The van der Waals surface area contributed by atoms with Gasteiger partial charge in [0.05, 0.1) is 10.9 Å². The second-order valence-electron chi connectivity index (χ2n) is 6.90. The van der Waals surface area contributed by atoms with Crippen molar-refractivity contribution in [3.8, 4) is 5.75 Å². The fourth-order valence-electron chi connectivity index (χ4n) is 3.10. The maximum atomic E-state index is 12.8. The summed E-state index contributed by atoms with van der Waals surface area (Å²) in [6.07, 6.45) is 0. The molecule has 0 amide bonds. The molecule has 5 nitrogen and oxygen atoms in total. The van der Waals surface area contributed by atoms with Crippen LogP contribution in [-0.2, 0) is 10.1 Å². The van der Waals surface area contributed by atoms with Crippen LogP contribution in [0, 0.1) is 41.5 Å². The highest BCUT2D eigenvalue weighted by molar-refractivity contribution is 7.87. The van der Waals surface area contributed by atoms with E-state index in [4.69, 9.17) is 8.60 Å². The Balaban J connectivity index is 0.00000145. The number of benzene rings is 2. The van der Waals surface area contributed by atoms with E-state index in [1.54, 1.807) is 12.1 Å². The first-order valence-corrected chi connectivity index (χ1v) is 11.0. The van der Waals surface area contributed by atoms with Crippen molar-refractivity contribution in [2.24, 2.45) is 0 Å². The summed E-state index contributed by atoms with van der Waals surface area (Å²) in [5, 5.41) is 0.517. The fraction of sp³-hybridized carbons (Fsp3) is 0.348. The van der Waals surface area contributed by atoms with Crippen LogP contribution in [0.3, 0.4) is 0 Å². The van der Waals surface area contributed by atoms with Crippen molar-refractivity contribution >= 4 is 21.1 Å². The van der Waals surface area contributed by atoms with Gasteiger partial charge in [-0.1, -0.05) is 31.5 Å². The zero-order valence-electron chi connectivity index (χ0n) is 18.3. The number of hydrogen-bond acceptors (Lipinski definition) is 5. The van der Waals surface area contributed by atoms with Gasteiger partial charge in [0.2, 0.25) is 0 Å². The molecule has 0 atom stereocenters. The van der Waals surface area contributed by atoms with E-state index in [2.05, 4.69) is 0 Å². The summed E-state index contributed by atoms with van der Waals surface area (Å²) < 4.78 is 36.6. The SMILES string of the molecule is CC.Cc1ccc(S(=O)(=O)Oc2c(C)c(=O)oc3c(C)c(C)c(C)c(C)c23)cc1. The first kappa shape index (κ1) is 22.7. The smallest absolute Gasteiger partial charge is 0.343 e. The Morgan fingerprint density at radius 2 is 1.28 bits per heavy atom. The van der Waals surface area contributed by atoms with Crippen LogP contribution in [0.15, 0.2) is 38.4 Å². The Labute approximate surface area is 172 Å². The fourth-order valence-corrected chi connectivity index (χ4v) is 4.09. The standard InChI is InChI=1S/C21H22O5S.C2H6/c1-11-7-9-17(10-8-11)27(23,24)26-20-16(6)21(22)25-19-15(5)13(3)12(2)14(4)18(19)20;1-2/h7-10H,1-6H3;1-2H3. The van der Waals surface area contributed by atoms with E-state index in [1.807, 2.05) is 48.5 Å². The van der Waals surface area contributed by atoms with Crippen molar-refractivity contribution in [1.29, 1.82) is 0 Å². The Bertz CT molecular complexity index is 1220. The van der Waals surface area contributed by atoms with E-state index in [-0.39, 0.29) is 16.2 Å². The van der Waals surface area contributed by atoms with Gasteiger partial charge in [0.1, 0.15) is 10.5 Å². The average molecular weight is 417 g/mol. The van der Waals surface area contributed by atoms with Gasteiger partial charge in [-0.15, -0.1) is 0 Å². The lowest BCUT2D eigenvalue weighted by Crippen LogP contribution is -2.15. The summed E-state index contributed by atoms with van der Waals surface area (Å²) in [5.74, 6) is 0.0329. The van der Waals surface area contributed by atoms with Gasteiger partial charge in [0.15, 0.2) is 5.75 Å². The maximum absolute atomic E-state index is 12.8. The minimum Gasteiger partial charge on any atom is -0.422 e. The summed E-state index contributed by atoms with van der Waals surface area (Å²) in [5.41, 5.74) is 4.45. The molecule has 0 radical (unpaired) electrons. The topological polar surface area (TPSA) is 73.6 Å². The molecule has 29 heavy (non-hydrogen) atoms. The molecular formula is C23H28O5S. The van der Waals surface area contributed by atoms with Crippen LogP contribution in [0.5, 0.6) is 5.75 Å². The predicted octanol–water partition coefficient (Wildman–Crippen LogP) is 5.44. The van der Waals surface area contributed by atoms with Crippen molar-refractivity contribution in [2.45, 2.75) is 60.3 Å². The highest BCUT2D eigenvalue weighted by Crippen LogP contribution is 2.37. The van der Waals surface area contributed by atoms with E-state index in [0.717, 1.165) is 27.8 Å². The van der Waals surface area contributed by atoms with E-state index in [1.165, 1.54) is 19.1 Å². The number of hydrogen-bond donors (Lipinski definition) is 0. The highest BCUT2D eigenvalue weighted by atomic mass is 32.2. The molecule has 1 aromatic heterocycles. The lowest BCUT2D eigenvalue weighted by Gasteiger charge is -2.17. The van der Waals surface area contributed by atoms with Gasteiger partial charge in [0.25, 0.3) is 0 Å². The molecule has 1 heterocycles. The van der Waals surface area contributed by atoms with Crippen LogP contribution in [0.4, 0.5) is 0 Å². The third-order valence-electron chi connectivity index (χ3n) is 5.20. The monoisotopic (exact) mass is 416 g/mol. The molecule has 0 saturated carbocycles. The normalized spacial score (nSPS) is 11.2. The number of fused-ring (bicyclic) bond motifs is 1. The zero-order chi connectivity index (χ0) is 22.1. The van der Waals surface area contributed by atoms with Crippen LogP contribution < -0.4 is 9.81 Å². The van der Waals surface area contributed by atoms with E-state index < -0.39 is 15.7 Å². The molecular weight excluding hydrogens is 388 g/mol. The van der Waals surface area contributed by atoms with Gasteiger partial charge in [-0.05, 0) is 75.9 Å². The van der Waals surface area contributed by atoms with Crippen LogP contribution in [0.1, 0.15) is 47.2 Å². The molecule has 0 aliphatic heterocycles. The van der Waals surface area contributed by atoms with Crippen LogP contribution >= 0.6 is 0 Å². The van der Waals surface area contributed by atoms with Gasteiger partial charge in [0, 0.05) is 0 Å². The molecule has 0 aliphatic rings.